The van der Waals surface area contributed by atoms with E-state index in [1.807, 2.05) is 0 Å². The lowest BCUT2D eigenvalue weighted by atomic mass is 9.86. The van der Waals surface area contributed by atoms with E-state index in [1.165, 1.54) is 41.7 Å². The van der Waals surface area contributed by atoms with Gasteiger partial charge in [0, 0.05) is 37.7 Å². The van der Waals surface area contributed by atoms with Crippen LogP contribution in [0.15, 0.2) is 47.4 Å². The normalized spacial score (nSPS) is 15.0. The van der Waals surface area contributed by atoms with Crippen LogP contribution in [-0.4, -0.2) is 69.4 Å². The molecule has 1 aliphatic heterocycles. The van der Waals surface area contributed by atoms with Crippen LogP contribution in [0.1, 0.15) is 37.0 Å². The molecule has 2 aromatic rings. The Morgan fingerprint density at radius 3 is 2.22 bits per heavy atom. The molecule has 0 N–H and O–H groups in total. The molecule has 0 unspecified atom stereocenters. The third-order valence-corrected chi connectivity index (χ3v) is 8.03. The number of nitrogens with zero attached hydrogens (tertiary/aromatic N) is 2. The minimum atomic E-state index is -3.77. The second-order valence-corrected chi connectivity index (χ2v) is 11.1. The first kappa shape index (κ1) is 27.5. The number of piperazine rings is 1. The third kappa shape index (κ3) is 6.38. The number of sulfonamides is 1. The van der Waals surface area contributed by atoms with Crippen molar-refractivity contribution in [2.45, 2.75) is 31.6 Å². The smallest absolute Gasteiger partial charge is 0.337 e. The summed E-state index contributed by atoms with van der Waals surface area (Å²) in [5, 5.41) is 0. The molecule has 2 aromatic carbocycles. The van der Waals surface area contributed by atoms with Crippen molar-refractivity contribution in [3.63, 3.8) is 0 Å². The summed E-state index contributed by atoms with van der Waals surface area (Å²) in [5.74, 6) is -2.16. The van der Waals surface area contributed by atoms with Gasteiger partial charge >= 0.3 is 5.97 Å². The second-order valence-electron chi connectivity index (χ2n) is 9.12. The zero-order valence-electron chi connectivity index (χ0n) is 20.5. The Morgan fingerprint density at radius 2 is 1.64 bits per heavy atom. The molecule has 8 nitrogen and oxygen atoms in total. The SMILES string of the molecule is COC(=O)c1ccc(S(=O)(=O)N2CCN(C(=O)C(C)(C)CCCOc3ccc(F)cc3F)CC2)cc1. The molecule has 36 heavy (non-hydrogen) atoms. The van der Waals surface area contributed by atoms with Crippen LogP contribution < -0.4 is 4.74 Å². The minimum absolute atomic E-state index is 0.0437. The Balaban J connectivity index is 1.51. The summed E-state index contributed by atoms with van der Waals surface area (Å²) in [6.45, 7) is 4.57. The summed E-state index contributed by atoms with van der Waals surface area (Å²) in [7, 11) is -2.53. The van der Waals surface area contributed by atoms with E-state index in [2.05, 4.69) is 4.74 Å². The summed E-state index contributed by atoms with van der Waals surface area (Å²) in [6, 6.07) is 8.61. The van der Waals surface area contributed by atoms with Gasteiger partial charge in [0.25, 0.3) is 0 Å². The molecule has 0 bridgehead atoms. The standard InChI is InChI=1S/C25H30F2N2O6S/c1-25(2,11-4-16-35-22-10-7-19(26)17-21(22)27)24(31)28-12-14-29(15-13-28)36(32,33)20-8-5-18(6-9-20)23(30)34-3/h5-10,17H,4,11-16H2,1-3H3. The van der Waals surface area contributed by atoms with Crippen molar-refractivity contribution in [2.75, 3.05) is 39.9 Å². The molecular formula is C25H30F2N2O6S. The van der Waals surface area contributed by atoms with Crippen molar-refractivity contribution in [2.24, 2.45) is 5.41 Å². The topological polar surface area (TPSA) is 93.2 Å². The highest BCUT2D eigenvalue weighted by Crippen LogP contribution is 2.28. The fraction of sp³-hybridized carbons (Fsp3) is 0.440. The fourth-order valence-electron chi connectivity index (χ4n) is 3.98. The van der Waals surface area contributed by atoms with Crippen LogP contribution in [0.25, 0.3) is 0 Å². The van der Waals surface area contributed by atoms with E-state index in [1.54, 1.807) is 18.7 Å². The van der Waals surface area contributed by atoms with Gasteiger partial charge in [-0.05, 0) is 49.2 Å². The van der Waals surface area contributed by atoms with Crippen molar-refractivity contribution < 1.29 is 36.3 Å². The molecule has 3 rings (SSSR count). The lowest BCUT2D eigenvalue weighted by Gasteiger charge is -2.38. The largest absolute Gasteiger partial charge is 0.491 e. The zero-order valence-corrected chi connectivity index (χ0v) is 21.3. The summed E-state index contributed by atoms with van der Waals surface area (Å²) < 4.78 is 64.0. The number of carbonyl (C=O) groups excluding carboxylic acids is 2. The molecule has 1 fully saturated rings. The molecule has 11 heteroatoms. The molecule has 0 spiro atoms. The van der Waals surface area contributed by atoms with Gasteiger partial charge in [0.05, 0.1) is 24.2 Å². The van der Waals surface area contributed by atoms with E-state index in [-0.39, 0.29) is 54.9 Å². The van der Waals surface area contributed by atoms with Gasteiger partial charge in [-0.15, -0.1) is 0 Å². The van der Waals surface area contributed by atoms with Crippen LogP contribution in [0.4, 0.5) is 8.78 Å². The number of amides is 1. The number of carbonyl (C=O) groups is 2. The second kappa shape index (κ2) is 11.3. The van der Waals surface area contributed by atoms with Crippen LogP contribution in [0.2, 0.25) is 0 Å². The van der Waals surface area contributed by atoms with Gasteiger partial charge in [-0.3, -0.25) is 4.79 Å². The third-order valence-electron chi connectivity index (χ3n) is 6.12. The molecule has 1 saturated heterocycles. The summed E-state index contributed by atoms with van der Waals surface area (Å²) in [5.41, 5.74) is -0.475. The maximum atomic E-state index is 13.7. The van der Waals surface area contributed by atoms with E-state index in [9.17, 15) is 26.8 Å². The number of hydrogen-bond acceptors (Lipinski definition) is 6. The summed E-state index contributed by atoms with van der Waals surface area (Å²) >= 11 is 0. The Morgan fingerprint density at radius 1 is 1.00 bits per heavy atom. The van der Waals surface area contributed by atoms with Gasteiger partial charge in [0.2, 0.25) is 15.9 Å². The molecule has 196 valence electrons. The number of rotatable bonds is 9. The summed E-state index contributed by atoms with van der Waals surface area (Å²) in [6.07, 6.45) is 0.950. The number of benzene rings is 2. The van der Waals surface area contributed by atoms with E-state index < -0.39 is 33.0 Å². The highest BCUT2D eigenvalue weighted by atomic mass is 32.2. The van der Waals surface area contributed by atoms with Gasteiger partial charge in [-0.25, -0.2) is 22.0 Å². The first-order chi connectivity index (χ1) is 17.0. The van der Waals surface area contributed by atoms with Crippen LogP contribution in [-0.2, 0) is 19.6 Å². The maximum absolute atomic E-state index is 13.7. The Kier molecular flexibility index (Phi) is 8.67. The van der Waals surface area contributed by atoms with Crippen LogP contribution in [0, 0.1) is 17.0 Å². The predicted octanol–water partition coefficient (Wildman–Crippen LogP) is 3.47. The van der Waals surface area contributed by atoms with Crippen molar-refractivity contribution in [3.05, 3.63) is 59.7 Å². The van der Waals surface area contributed by atoms with E-state index >= 15 is 0 Å². The highest BCUT2D eigenvalue weighted by molar-refractivity contribution is 7.89. The number of esters is 1. The van der Waals surface area contributed by atoms with Gasteiger partial charge < -0.3 is 14.4 Å². The Labute approximate surface area is 209 Å². The highest BCUT2D eigenvalue weighted by Gasteiger charge is 2.36. The van der Waals surface area contributed by atoms with Crippen LogP contribution in [0.5, 0.6) is 5.75 Å². The average molecular weight is 525 g/mol. The van der Waals surface area contributed by atoms with E-state index in [4.69, 9.17) is 4.74 Å². The van der Waals surface area contributed by atoms with Crippen molar-refractivity contribution in [3.8, 4) is 5.75 Å². The molecule has 0 atom stereocenters. The lowest BCUT2D eigenvalue weighted by Crippen LogP contribution is -2.53. The molecule has 0 radical (unpaired) electrons. The number of methoxy groups -OCH3 is 1. The molecule has 1 heterocycles. The molecule has 0 aliphatic carbocycles. The maximum Gasteiger partial charge on any atom is 0.337 e. The van der Waals surface area contributed by atoms with Gasteiger partial charge in [-0.2, -0.15) is 4.31 Å². The molecule has 1 amide bonds. The number of ether oxygens (including phenoxy) is 2. The van der Waals surface area contributed by atoms with Gasteiger partial charge in [-0.1, -0.05) is 13.8 Å². The number of hydrogen-bond donors (Lipinski definition) is 0. The molecule has 0 aromatic heterocycles. The number of halogens is 2. The quantitative estimate of drug-likeness (QED) is 0.369. The predicted molar refractivity (Wildman–Crippen MR) is 128 cm³/mol. The van der Waals surface area contributed by atoms with Gasteiger partial charge in [0.1, 0.15) is 5.82 Å². The summed E-state index contributed by atoms with van der Waals surface area (Å²) in [4.78, 5) is 26.4. The van der Waals surface area contributed by atoms with Crippen LogP contribution in [0.3, 0.4) is 0 Å². The van der Waals surface area contributed by atoms with Gasteiger partial charge in [0.15, 0.2) is 11.6 Å². The Bertz CT molecular complexity index is 1190. The Hall–Kier alpha value is -3.05. The van der Waals surface area contributed by atoms with E-state index in [0.717, 1.165) is 12.1 Å². The fourth-order valence-corrected chi connectivity index (χ4v) is 5.41. The zero-order chi connectivity index (χ0) is 26.5. The first-order valence-corrected chi connectivity index (χ1v) is 13.0. The lowest BCUT2D eigenvalue weighted by molar-refractivity contribution is -0.142. The van der Waals surface area contributed by atoms with Crippen LogP contribution >= 0.6 is 0 Å². The molecule has 0 saturated carbocycles. The van der Waals surface area contributed by atoms with Crippen molar-refractivity contribution in [1.29, 1.82) is 0 Å². The minimum Gasteiger partial charge on any atom is -0.491 e. The molecule has 1 aliphatic rings. The van der Waals surface area contributed by atoms with Crippen molar-refractivity contribution in [1.82, 2.24) is 9.21 Å². The first-order valence-electron chi connectivity index (χ1n) is 11.5. The monoisotopic (exact) mass is 524 g/mol. The average Bonchev–Trinajstić information content (AvgIpc) is 2.86. The molecular weight excluding hydrogens is 494 g/mol. The van der Waals surface area contributed by atoms with E-state index in [0.29, 0.717) is 12.8 Å². The van der Waals surface area contributed by atoms with Crippen molar-refractivity contribution >= 4 is 21.9 Å².